The molecule has 3 heterocycles. The predicted molar refractivity (Wildman–Crippen MR) is 102 cm³/mol. The van der Waals surface area contributed by atoms with Crippen LogP contribution in [0.5, 0.6) is 11.5 Å². The summed E-state index contributed by atoms with van der Waals surface area (Å²) in [4.78, 5) is 14.4. The van der Waals surface area contributed by atoms with Gasteiger partial charge in [-0.25, -0.2) is 0 Å². The number of hydrogen-bond donors (Lipinski definition) is 2. The van der Waals surface area contributed by atoms with Crippen LogP contribution in [0.3, 0.4) is 0 Å². The van der Waals surface area contributed by atoms with Crippen LogP contribution in [0.4, 0.5) is 5.82 Å². The number of hydrogen-bond acceptors (Lipinski definition) is 8. The van der Waals surface area contributed by atoms with Gasteiger partial charge in [-0.2, -0.15) is 0 Å². The second-order valence-electron chi connectivity index (χ2n) is 6.55. The van der Waals surface area contributed by atoms with Crippen LogP contribution in [-0.2, 0) is 11.3 Å². The van der Waals surface area contributed by atoms with E-state index < -0.39 is 0 Å². The Morgan fingerprint density at radius 2 is 1.93 bits per heavy atom. The first-order valence-corrected chi connectivity index (χ1v) is 9.32. The second kappa shape index (κ2) is 8.85. The van der Waals surface area contributed by atoms with E-state index in [-0.39, 0.29) is 12.7 Å². The Hall–Kier alpha value is -2.91. The second-order valence-corrected chi connectivity index (χ2v) is 6.55. The molecule has 1 fully saturated rings. The van der Waals surface area contributed by atoms with Crippen molar-refractivity contribution in [2.24, 2.45) is 0 Å². The van der Waals surface area contributed by atoms with Crippen LogP contribution in [0, 0.1) is 0 Å². The van der Waals surface area contributed by atoms with Gasteiger partial charge >= 0.3 is 0 Å². The third kappa shape index (κ3) is 4.68. The first kappa shape index (κ1) is 18.5. The molecule has 28 heavy (non-hydrogen) atoms. The van der Waals surface area contributed by atoms with Crippen LogP contribution in [0.1, 0.15) is 16.1 Å². The highest BCUT2D eigenvalue weighted by Crippen LogP contribution is 2.32. The van der Waals surface area contributed by atoms with Gasteiger partial charge in [-0.3, -0.25) is 9.69 Å². The van der Waals surface area contributed by atoms with Crippen LogP contribution in [0.25, 0.3) is 0 Å². The lowest BCUT2D eigenvalue weighted by atomic mass is 10.2. The Balaban J connectivity index is 1.23. The smallest absolute Gasteiger partial charge is 0.271 e. The monoisotopic (exact) mass is 385 g/mol. The van der Waals surface area contributed by atoms with Gasteiger partial charge in [0.25, 0.3) is 5.91 Å². The summed E-state index contributed by atoms with van der Waals surface area (Å²) in [5.74, 6) is 1.88. The van der Waals surface area contributed by atoms with E-state index in [1.807, 2.05) is 18.2 Å². The predicted octanol–water partition coefficient (Wildman–Crippen LogP) is 0.879. The number of nitrogens with zero attached hydrogens (tertiary/aromatic N) is 3. The summed E-state index contributed by atoms with van der Waals surface area (Å²) in [7, 11) is 0. The van der Waals surface area contributed by atoms with Gasteiger partial charge in [-0.15, -0.1) is 10.2 Å². The lowest BCUT2D eigenvalue weighted by molar-refractivity contribution is 0.0383. The first-order chi connectivity index (χ1) is 13.8. The highest BCUT2D eigenvalue weighted by atomic mass is 16.7. The summed E-state index contributed by atoms with van der Waals surface area (Å²) >= 11 is 0. The summed E-state index contributed by atoms with van der Waals surface area (Å²) in [6.07, 6.45) is 0. The van der Waals surface area contributed by atoms with Gasteiger partial charge in [0, 0.05) is 32.7 Å². The maximum Gasteiger partial charge on any atom is 0.271 e. The Bertz CT molecular complexity index is 808. The van der Waals surface area contributed by atoms with E-state index in [1.54, 1.807) is 12.1 Å². The maximum atomic E-state index is 12.2. The van der Waals surface area contributed by atoms with E-state index in [1.165, 1.54) is 0 Å². The van der Waals surface area contributed by atoms with Crippen LogP contribution >= 0.6 is 0 Å². The number of carbonyl (C=O) groups excluding carboxylic acids is 1. The van der Waals surface area contributed by atoms with Crippen molar-refractivity contribution >= 4 is 11.7 Å². The number of rotatable bonds is 7. The molecule has 4 rings (SSSR count). The number of fused-ring (bicyclic) bond motifs is 1. The van der Waals surface area contributed by atoms with Gasteiger partial charge in [-0.1, -0.05) is 6.07 Å². The summed E-state index contributed by atoms with van der Waals surface area (Å²) in [6.45, 7) is 5.51. The summed E-state index contributed by atoms with van der Waals surface area (Å²) in [5, 5.41) is 14.2. The molecule has 9 heteroatoms. The number of nitrogens with one attached hydrogen (secondary N) is 2. The topological polar surface area (TPSA) is 97.8 Å². The molecule has 0 aliphatic carbocycles. The number of carbonyl (C=O) groups is 1. The third-order valence-corrected chi connectivity index (χ3v) is 4.63. The average molecular weight is 385 g/mol. The molecule has 0 saturated carbocycles. The quantitative estimate of drug-likeness (QED) is 0.725. The number of amides is 1. The summed E-state index contributed by atoms with van der Waals surface area (Å²) < 4.78 is 16.0. The molecule has 2 aromatic rings. The van der Waals surface area contributed by atoms with Crippen molar-refractivity contribution in [1.29, 1.82) is 0 Å². The molecule has 0 bridgehead atoms. The van der Waals surface area contributed by atoms with Crippen molar-refractivity contribution < 1.29 is 19.0 Å². The Kier molecular flexibility index (Phi) is 5.83. The van der Waals surface area contributed by atoms with E-state index in [0.29, 0.717) is 24.6 Å². The molecule has 2 aliphatic rings. The molecule has 0 radical (unpaired) electrons. The van der Waals surface area contributed by atoms with E-state index in [9.17, 15) is 4.79 Å². The molecular formula is C19H23N5O4. The van der Waals surface area contributed by atoms with Gasteiger partial charge < -0.3 is 24.8 Å². The lowest BCUT2D eigenvalue weighted by Crippen LogP contribution is -2.41. The fourth-order valence-electron chi connectivity index (χ4n) is 3.03. The molecule has 2 aliphatic heterocycles. The number of morpholine rings is 1. The zero-order chi connectivity index (χ0) is 19.2. The molecule has 2 N–H and O–H groups in total. The van der Waals surface area contributed by atoms with Gasteiger partial charge in [-0.05, 0) is 29.8 Å². The normalized spacial score (nSPS) is 16.0. The van der Waals surface area contributed by atoms with Crippen molar-refractivity contribution in [2.45, 2.75) is 6.54 Å². The number of aromatic nitrogens is 2. The standard InChI is InChI=1S/C19H23N5O4/c25-19(20-5-6-24-7-9-26-10-8-24)15-2-4-18(23-22-15)21-12-14-1-3-16-17(11-14)28-13-27-16/h1-4,11H,5-10,12-13H2,(H,20,25)(H,21,23). The zero-order valence-corrected chi connectivity index (χ0v) is 15.5. The van der Waals surface area contributed by atoms with Crippen molar-refractivity contribution in [3.63, 3.8) is 0 Å². The molecule has 1 saturated heterocycles. The fourth-order valence-corrected chi connectivity index (χ4v) is 3.03. The summed E-state index contributed by atoms with van der Waals surface area (Å²) in [5.41, 5.74) is 1.34. The Labute approximate surface area is 163 Å². The molecule has 0 atom stereocenters. The highest BCUT2D eigenvalue weighted by Gasteiger charge is 2.14. The Morgan fingerprint density at radius 1 is 1.07 bits per heavy atom. The van der Waals surface area contributed by atoms with Gasteiger partial charge in [0.15, 0.2) is 17.2 Å². The van der Waals surface area contributed by atoms with E-state index >= 15 is 0 Å². The number of benzene rings is 1. The Morgan fingerprint density at radius 3 is 2.75 bits per heavy atom. The molecule has 9 nitrogen and oxygen atoms in total. The first-order valence-electron chi connectivity index (χ1n) is 9.32. The van der Waals surface area contributed by atoms with Gasteiger partial charge in [0.1, 0.15) is 5.82 Å². The molecule has 1 aromatic carbocycles. The zero-order valence-electron chi connectivity index (χ0n) is 15.5. The van der Waals surface area contributed by atoms with Crippen molar-refractivity contribution in [2.75, 3.05) is 51.5 Å². The number of ether oxygens (including phenoxy) is 3. The van der Waals surface area contributed by atoms with E-state index in [4.69, 9.17) is 14.2 Å². The molecular weight excluding hydrogens is 362 g/mol. The minimum atomic E-state index is -0.219. The minimum Gasteiger partial charge on any atom is -0.454 e. The molecule has 1 aromatic heterocycles. The third-order valence-electron chi connectivity index (χ3n) is 4.63. The molecule has 148 valence electrons. The van der Waals surface area contributed by atoms with Crippen molar-refractivity contribution in [3.8, 4) is 11.5 Å². The lowest BCUT2D eigenvalue weighted by Gasteiger charge is -2.26. The van der Waals surface area contributed by atoms with E-state index in [0.717, 1.165) is 49.9 Å². The summed E-state index contributed by atoms with van der Waals surface area (Å²) in [6, 6.07) is 9.19. The number of anilines is 1. The van der Waals surface area contributed by atoms with E-state index in [2.05, 4.69) is 25.7 Å². The van der Waals surface area contributed by atoms with Crippen molar-refractivity contribution in [3.05, 3.63) is 41.6 Å². The van der Waals surface area contributed by atoms with Crippen LogP contribution in [0.2, 0.25) is 0 Å². The SMILES string of the molecule is O=C(NCCN1CCOCC1)c1ccc(NCc2ccc3c(c2)OCO3)nn1. The highest BCUT2D eigenvalue weighted by molar-refractivity contribution is 5.92. The molecule has 0 unspecified atom stereocenters. The fraction of sp³-hybridized carbons (Fsp3) is 0.421. The molecule has 0 spiro atoms. The van der Waals surface area contributed by atoms with Crippen LogP contribution < -0.4 is 20.1 Å². The largest absolute Gasteiger partial charge is 0.454 e. The minimum absolute atomic E-state index is 0.219. The maximum absolute atomic E-state index is 12.2. The van der Waals surface area contributed by atoms with Gasteiger partial charge in [0.05, 0.1) is 13.2 Å². The average Bonchev–Trinajstić information content (AvgIpc) is 3.21. The molecule has 1 amide bonds. The van der Waals surface area contributed by atoms with Gasteiger partial charge in [0.2, 0.25) is 6.79 Å². The van der Waals surface area contributed by atoms with Crippen molar-refractivity contribution in [1.82, 2.24) is 20.4 Å². The van der Waals surface area contributed by atoms with Crippen LogP contribution in [-0.4, -0.2) is 67.2 Å². The van der Waals surface area contributed by atoms with Crippen LogP contribution in [0.15, 0.2) is 30.3 Å².